The molecule has 2 rings (SSSR count). The number of nitrogens with one attached hydrogen (secondary N) is 1. The van der Waals surface area contributed by atoms with Crippen LogP contribution in [0.3, 0.4) is 0 Å². The molecule has 1 aromatic heterocycles. The van der Waals surface area contributed by atoms with E-state index >= 15 is 0 Å². The number of hydrogen-bond donors (Lipinski definition) is 2. The number of carboxylic acids is 1. The van der Waals surface area contributed by atoms with Crippen LogP contribution in [0.25, 0.3) is 11.0 Å². The maximum absolute atomic E-state index is 11.8. The van der Waals surface area contributed by atoms with Gasteiger partial charge in [-0.3, -0.25) is 9.78 Å². The number of para-hydroxylation sites is 2. The molecular weight excluding hydrogens is 282 g/mol. The Kier molecular flexibility index (Phi) is 5.04. The van der Waals surface area contributed by atoms with Gasteiger partial charge in [0.05, 0.1) is 16.7 Å². The Hall–Kier alpha value is -2.50. The van der Waals surface area contributed by atoms with Gasteiger partial charge in [-0.05, 0) is 18.1 Å². The van der Waals surface area contributed by atoms with Gasteiger partial charge >= 0.3 is 5.97 Å². The summed E-state index contributed by atoms with van der Waals surface area (Å²) in [4.78, 5) is 31.7. The van der Waals surface area contributed by atoms with Gasteiger partial charge in [0.2, 0.25) is 5.91 Å². The standard InChI is InChI=1S/C16H19N3O3/c1-10(2)7-15(20)19-14(16(21)22)8-11-9-17-12-5-3-4-6-13(12)18-11/h3-6,9-10,14H,7-8H2,1-2H3,(H,19,20)(H,21,22)/t14-/m1/s1. The van der Waals surface area contributed by atoms with Crippen LogP contribution in [-0.2, 0) is 16.0 Å². The number of amides is 1. The van der Waals surface area contributed by atoms with E-state index in [-0.39, 0.29) is 18.2 Å². The number of hydrogen-bond acceptors (Lipinski definition) is 4. The average molecular weight is 301 g/mol. The third-order valence-electron chi connectivity index (χ3n) is 3.14. The van der Waals surface area contributed by atoms with Crippen molar-refractivity contribution >= 4 is 22.9 Å². The number of fused-ring (bicyclic) bond motifs is 1. The van der Waals surface area contributed by atoms with Crippen molar-refractivity contribution in [3.8, 4) is 0 Å². The lowest BCUT2D eigenvalue weighted by Gasteiger charge is -2.15. The molecule has 0 fully saturated rings. The van der Waals surface area contributed by atoms with Crippen LogP contribution in [0, 0.1) is 5.92 Å². The van der Waals surface area contributed by atoms with Crippen LogP contribution in [0.4, 0.5) is 0 Å². The molecule has 0 radical (unpaired) electrons. The van der Waals surface area contributed by atoms with Crippen molar-refractivity contribution in [3.63, 3.8) is 0 Å². The molecule has 2 N–H and O–H groups in total. The van der Waals surface area contributed by atoms with Gasteiger partial charge in [0, 0.05) is 19.0 Å². The Bertz CT molecular complexity index is 685. The Balaban J connectivity index is 2.12. The molecule has 22 heavy (non-hydrogen) atoms. The minimum atomic E-state index is -1.08. The summed E-state index contributed by atoms with van der Waals surface area (Å²) in [5.41, 5.74) is 2.00. The summed E-state index contributed by atoms with van der Waals surface area (Å²) >= 11 is 0. The summed E-state index contributed by atoms with van der Waals surface area (Å²) in [5, 5.41) is 11.8. The molecule has 116 valence electrons. The first-order chi connectivity index (χ1) is 10.5. The van der Waals surface area contributed by atoms with E-state index < -0.39 is 12.0 Å². The maximum atomic E-state index is 11.8. The summed E-state index contributed by atoms with van der Waals surface area (Å²) in [7, 11) is 0. The molecule has 0 bridgehead atoms. The number of aliphatic carboxylic acids is 1. The molecule has 0 aliphatic heterocycles. The fourth-order valence-corrected chi connectivity index (χ4v) is 2.13. The molecule has 6 heteroatoms. The lowest BCUT2D eigenvalue weighted by molar-refractivity contribution is -0.141. The van der Waals surface area contributed by atoms with Gasteiger partial charge in [-0.15, -0.1) is 0 Å². The second-order valence-corrected chi connectivity index (χ2v) is 5.61. The van der Waals surface area contributed by atoms with E-state index in [0.717, 1.165) is 5.52 Å². The molecule has 1 aromatic carbocycles. The van der Waals surface area contributed by atoms with Crippen molar-refractivity contribution in [3.05, 3.63) is 36.2 Å². The van der Waals surface area contributed by atoms with Gasteiger partial charge in [-0.1, -0.05) is 26.0 Å². The van der Waals surface area contributed by atoms with E-state index in [2.05, 4.69) is 15.3 Å². The van der Waals surface area contributed by atoms with Crippen molar-refractivity contribution in [1.29, 1.82) is 0 Å². The van der Waals surface area contributed by atoms with Crippen molar-refractivity contribution in [1.82, 2.24) is 15.3 Å². The quantitative estimate of drug-likeness (QED) is 0.848. The first-order valence-electron chi connectivity index (χ1n) is 7.18. The number of carboxylic acid groups (broad SMARTS) is 1. The smallest absolute Gasteiger partial charge is 0.326 e. The Morgan fingerprint density at radius 2 is 1.91 bits per heavy atom. The third-order valence-corrected chi connectivity index (χ3v) is 3.14. The molecule has 1 heterocycles. The monoisotopic (exact) mass is 301 g/mol. The lowest BCUT2D eigenvalue weighted by Crippen LogP contribution is -2.42. The fourth-order valence-electron chi connectivity index (χ4n) is 2.13. The molecule has 1 amide bonds. The molecule has 1 atom stereocenters. The highest BCUT2D eigenvalue weighted by Gasteiger charge is 2.21. The van der Waals surface area contributed by atoms with Crippen molar-refractivity contribution in [2.75, 3.05) is 0 Å². The van der Waals surface area contributed by atoms with E-state index in [4.69, 9.17) is 0 Å². The first kappa shape index (κ1) is 15.9. The lowest BCUT2D eigenvalue weighted by atomic mass is 10.1. The van der Waals surface area contributed by atoms with Gasteiger partial charge in [0.25, 0.3) is 0 Å². The van der Waals surface area contributed by atoms with Gasteiger partial charge < -0.3 is 10.4 Å². The largest absolute Gasteiger partial charge is 0.480 e. The van der Waals surface area contributed by atoms with Crippen LogP contribution < -0.4 is 5.32 Å². The van der Waals surface area contributed by atoms with Crippen LogP contribution >= 0.6 is 0 Å². The van der Waals surface area contributed by atoms with E-state index in [0.29, 0.717) is 17.6 Å². The minimum absolute atomic E-state index is 0.108. The Labute approximate surface area is 128 Å². The van der Waals surface area contributed by atoms with Crippen molar-refractivity contribution < 1.29 is 14.7 Å². The van der Waals surface area contributed by atoms with Crippen LogP contribution in [0.15, 0.2) is 30.5 Å². The number of rotatable bonds is 6. The number of carbonyl (C=O) groups is 2. The minimum Gasteiger partial charge on any atom is -0.480 e. The topological polar surface area (TPSA) is 92.2 Å². The first-order valence-corrected chi connectivity index (χ1v) is 7.18. The predicted octanol–water partition coefficient (Wildman–Crippen LogP) is 1.79. The summed E-state index contributed by atoms with van der Waals surface area (Å²) in [6.07, 6.45) is 1.96. The molecule has 6 nitrogen and oxygen atoms in total. The molecule has 2 aromatic rings. The number of benzene rings is 1. The van der Waals surface area contributed by atoms with Gasteiger partial charge in [-0.2, -0.15) is 0 Å². The van der Waals surface area contributed by atoms with E-state index in [9.17, 15) is 14.7 Å². The molecule has 0 saturated heterocycles. The third kappa shape index (κ3) is 4.25. The second-order valence-electron chi connectivity index (χ2n) is 5.61. The van der Waals surface area contributed by atoms with Crippen LogP contribution in [-0.4, -0.2) is 33.0 Å². The van der Waals surface area contributed by atoms with Crippen molar-refractivity contribution in [2.24, 2.45) is 5.92 Å². The number of carbonyl (C=O) groups excluding carboxylic acids is 1. The highest BCUT2D eigenvalue weighted by atomic mass is 16.4. The maximum Gasteiger partial charge on any atom is 0.326 e. The van der Waals surface area contributed by atoms with Gasteiger partial charge in [0.15, 0.2) is 0 Å². The van der Waals surface area contributed by atoms with Crippen LogP contribution in [0.1, 0.15) is 26.0 Å². The average Bonchev–Trinajstić information content (AvgIpc) is 2.45. The van der Waals surface area contributed by atoms with Crippen LogP contribution in [0.2, 0.25) is 0 Å². The molecule has 0 saturated carbocycles. The molecule has 0 aliphatic rings. The van der Waals surface area contributed by atoms with E-state index in [1.807, 2.05) is 38.1 Å². The molecule has 0 aliphatic carbocycles. The Morgan fingerprint density at radius 1 is 1.23 bits per heavy atom. The summed E-state index contributed by atoms with van der Waals surface area (Å²) in [5.74, 6) is -1.17. The van der Waals surface area contributed by atoms with Gasteiger partial charge in [-0.25, -0.2) is 9.78 Å². The zero-order chi connectivity index (χ0) is 16.1. The zero-order valence-corrected chi connectivity index (χ0v) is 12.6. The van der Waals surface area contributed by atoms with Gasteiger partial charge in [0.1, 0.15) is 6.04 Å². The Morgan fingerprint density at radius 3 is 2.55 bits per heavy atom. The molecule has 0 spiro atoms. The second kappa shape index (κ2) is 6.98. The molecule has 0 unspecified atom stereocenters. The number of aromatic nitrogens is 2. The van der Waals surface area contributed by atoms with Crippen LogP contribution in [0.5, 0.6) is 0 Å². The summed E-state index contributed by atoms with van der Waals surface area (Å²) < 4.78 is 0. The highest BCUT2D eigenvalue weighted by Crippen LogP contribution is 2.10. The fraction of sp³-hybridized carbons (Fsp3) is 0.375. The van der Waals surface area contributed by atoms with E-state index in [1.165, 1.54) is 0 Å². The van der Waals surface area contributed by atoms with E-state index in [1.54, 1.807) is 6.20 Å². The zero-order valence-electron chi connectivity index (χ0n) is 12.6. The summed E-state index contributed by atoms with van der Waals surface area (Å²) in [6, 6.07) is 6.37. The van der Waals surface area contributed by atoms with Crippen molar-refractivity contribution in [2.45, 2.75) is 32.7 Å². The predicted molar refractivity (Wildman–Crippen MR) is 82.3 cm³/mol. The summed E-state index contributed by atoms with van der Waals surface area (Å²) in [6.45, 7) is 3.81. The highest BCUT2D eigenvalue weighted by molar-refractivity contribution is 5.83. The molecular formula is C16H19N3O3. The number of nitrogens with zero attached hydrogens (tertiary/aromatic N) is 2. The normalized spacial score (nSPS) is 12.3. The SMILES string of the molecule is CC(C)CC(=O)N[C@H](Cc1cnc2ccccc2n1)C(=O)O.